The number of anilines is 1. The lowest BCUT2D eigenvalue weighted by Crippen LogP contribution is -2.13. The fraction of sp³-hybridized carbons (Fsp3) is 0.267. The molecule has 1 N–H and O–H groups in total. The van der Waals surface area contributed by atoms with Crippen LogP contribution in [0.1, 0.15) is 23.0 Å². The van der Waals surface area contributed by atoms with Gasteiger partial charge in [-0.1, -0.05) is 0 Å². The smallest absolute Gasteiger partial charge is 0.259 e. The number of hydrogen-bond acceptors (Lipinski definition) is 6. The van der Waals surface area contributed by atoms with E-state index in [1.807, 2.05) is 6.92 Å². The summed E-state index contributed by atoms with van der Waals surface area (Å²) in [7, 11) is 1.78. The maximum Gasteiger partial charge on any atom is 0.259 e. The number of rotatable bonds is 5. The molecule has 24 heavy (non-hydrogen) atoms. The van der Waals surface area contributed by atoms with Crippen LogP contribution in [0.25, 0.3) is 5.82 Å². The van der Waals surface area contributed by atoms with Crippen molar-refractivity contribution in [3.05, 3.63) is 42.0 Å². The van der Waals surface area contributed by atoms with Crippen LogP contribution < -0.4 is 10.1 Å². The minimum Gasteiger partial charge on any atom is -0.477 e. The maximum absolute atomic E-state index is 12.4. The van der Waals surface area contributed by atoms with Crippen molar-refractivity contribution in [3.63, 3.8) is 0 Å². The Morgan fingerprint density at radius 1 is 1.25 bits per heavy atom. The molecule has 0 aromatic carbocycles. The second-order valence-electron chi connectivity index (χ2n) is 5.08. The molecule has 0 spiro atoms. The number of aryl methyl sites for hydroxylation is 1. The number of nitrogens with zero attached hydrogens (tertiary/aromatic N) is 6. The standard InChI is InChI=1S/C15H17N7O2/c1-4-24-14-6-5-13(19-20-14)22-10(2)12(8-17-22)15(23)18-11-7-16-21(3)9-11/h5-9H,4H2,1-3H3,(H,18,23). The number of ether oxygens (including phenoxy) is 1. The first-order valence-corrected chi connectivity index (χ1v) is 7.40. The van der Waals surface area contributed by atoms with Gasteiger partial charge >= 0.3 is 0 Å². The first kappa shape index (κ1) is 15.7. The molecular formula is C15H17N7O2. The lowest BCUT2D eigenvalue weighted by atomic mass is 10.2. The van der Waals surface area contributed by atoms with Crippen LogP contribution in [0.4, 0.5) is 5.69 Å². The maximum atomic E-state index is 12.4. The second-order valence-corrected chi connectivity index (χ2v) is 5.08. The molecule has 0 saturated heterocycles. The zero-order valence-corrected chi connectivity index (χ0v) is 13.6. The van der Waals surface area contributed by atoms with E-state index < -0.39 is 0 Å². The Balaban J connectivity index is 1.81. The van der Waals surface area contributed by atoms with E-state index in [0.717, 1.165) is 0 Å². The van der Waals surface area contributed by atoms with E-state index in [-0.39, 0.29) is 5.91 Å². The van der Waals surface area contributed by atoms with Crippen molar-refractivity contribution in [1.29, 1.82) is 0 Å². The van der Waals surface area contributed by atoms with Crippen molar-refractivity contribution in [2.24, 2.45) is 7.05 Å². The first-order chi connectivity index (χ1) is 11.6. The Labute approximate surface area is 138 Å². The molecule has 3 aromatic heterocycles. The quantitative estimate of drug-likeness (QED) is 0.759. The minimum absolute atomic E-state index is 0.259. The molecule has 0 radical (unpaired) electrons. The van der Waals surface area contributed by atoms with E-state index in [0.29, 0.717) is 35.2 Å². The summed E-state index contributed by atoms with van der Waals surface area (Å²) in [6.07, 6.45) is 4.80. The highest BCUT2D eigenvalue weighted by Gasteiger charge is 2.16. The van der Waals surface area contributed by atoms with Crippen molar-refractivity contribution in [2.75, 3.05) is 11.9 Å². The number of carbonyl (C=O) groups is 1. The van der Waals surface area contributed by atoms with Crippen LogP contribution >= 0.6 is 0 Å². The predicted molar refractivity (Wildman–Crippen MR) is 86.2 cm³/mol. The van der Waals surface area contributed by atoms with Gasteiger partial charge in [0.05, 0.1) is 35.9 Å². The first-order valence-electron chi connectivity index (χ1n) is 7.40. The van der Waals surface area contributed by atoms with Gasteiger partial charge in [-0.05, 0) is 19.9 Å². The molecule has 0 fully saturated rings. The van der Waals surface area contributed by atoms with Gasteiger partial charge in [0.2, 0.25) is 5.88 Å². The summed E-state index contributed by atoms with van der Waals surface area (Å²) < 4.78 is 8.43. The van der Waals surface area contributed by atoms with Gasteiger partial charge in [0, 0.05) is 19.3 Å². The van der Waals surface area contributed by atoms with Gasteiger partial charge in [0.25, 0.3) is 5.91 Å². The van der Waals surface area contributed by atoms with E-state index in [1.165, 1.54) is 6.20 Å². The summed E-state index contributed by atoms with van der Waals surface area (Å²) in [5.41, 5.74) is 1.74. The van der Waals surface area contributed by atoms with Crippen molar-refractivity contribution in [1.82, 2.24) is 29.8 Å². The molecule has 0 atom stereocenters. The molecule has 0 aliphatic rings. The van der Waals surface area contributed by atoms with Gasteiger partial charge in [-0.2, -0.15) is 10.2 Å². The van der Waals surface area contributed by atoms with Crippen molar-refractivity contribution >= 4 is 11.6 Å². The normalized spacial score (nSPS) is 10.6. The Hall–Kier alpha value is -3.23. The average molecular weight is 327 g/mol. The summed E-state index contributed by atoms with van der Waals surface area (Å²) in [6, 6.07) is 3.45. The zero-order valence-electron chi connectivity index (χ0n) is 13.6. The van der Waals surface area contributed by atoms with Crippen LogP contribution in [0.3, 0.4) is 0 Å². The molecule has 9 heteroatoms. The summed E-state index contributed by atoms with van der Waals surface area (Å²) in [5.74, 6) is 0.697. The average Bonchev–Trinajstić information content (AvgIpc) is 3.14. The van der Waals surface area contributed by atoms with Crippen LogP contribution in [0.15, 0.2) is 30.7 Å². The van der Waals surface area contributed by atoms with Gasteiger partial charge < -0.3 is 10.1 Å². The molecule has 0 aliphatic carbocycles. The Kier molecular flexibility index (Phi) is 4.23. The fourth-order valence-corrected chi connectivity index (χ4v) is 2.20. The van der Waals surface area contributed by atoms with Gasteiger partial charge in [-0.25, -0.2) is 4.68 Å². The Morgan fingerprint density at radius 3 is 2.71 bits per heavy atom. The van der Waals surface area contributed by atoms with Crippen molar-refractivity contribution in [3.8, 4) is 11.7 Å². The van der Waals surface area contributed by atoms with E-state index >= 15 is 0 Å². The van der Waals surface area contributed by atoms with Gasteiger partial charge in [0.15, 0.2) is 5.82 Å². The summed E-state index contributed by atoms with van der Waals surface area (Å²) >= 11 is 0. The van der Waals surface area contributed by atoms with Crippen LogP contribution in [0.5, 0.6) is 5.88 Å². The van der Waals surface area contributed by atoms with Crippen LogP contribution in [-0.4, -0.2) is 42.3 Å². The van der Waals surface area contributed by atoms with E-state index in [2.05, 4.69) is 25.7 Å². The van der Waals surface area contributed by atoms with Crippen molar-refractivity contribution in [2.45, 2.75) is 13.8 Å². The van der Waals surface area contributed by atoms with E-state index in [1.54, 1.807) is 47.9 Å². The third-order valence-electron chi connectivity index (χ3n) is 3.35. The lowest BCUT2D eigenvalue weighted by Gasteiger charge is -2.05. The Morgan fingerprint density at radius 2 is 2.08 bits per heavy atom. The van der Waals surface area contributed by atoms with Crippen LogP contribution in [0.2, 0.25) is 0 Å². The fourth-order valence-electron chi connectivity index (χ4n) is 2.20. The number of nitrogens with one attached hydrogen (secondary N) is 1. The molecule has 124 valence electrons. The van der Waals surface area contributed by atoms with Gasteiger partial charge in [-0.3, -0.25) is 9.48 Å². The van der Waals surface area contributed by atoms with E-state index in [4.69, 9.17) is 4.74 Å². The summed E-state index contributed by atoms with van der Waals surface area (Å²) in [6.45, 7) is 4.19. The molecule has 3 rings (SSSR count). The second kappa shape index (κ2) is 6.49. The van der Waals surface area contributed by atoms with E-state index in [9.17, 15) is 4.79 Å². The summed E-state index contributed by atoms with van der Waals surface area (Å²) in [5, 5.41) is 19.0. The SMILES string of the molecule is CCOc1ccc(-n2ncc(C(=O)Nc3cnn(C)c3)c2C)nn1. The Bertz CT molecular complexity index is 851. The molecule has 0 bridgehead atoms. The molecule has 0 unspecified atom stereocenters. The van der Waals surface area contributed by atoms with Crippen LogP contribution in [0, 0.1) is 6.92 Å². The topological polar surface area (TPSA) is 99.8 Å². The molecule has 0 aliphatic heterocycles. The number of amides is 1. The molecule has 3 heterocycles. The number of carbonyl (C=O) groups excluding carboxylic acids is 1. The monoisotopic (exact) mass is 327 g/mol. The highest BCUT2D eigenvalue weighted by Crippen LogP contribution is 2.15. The molecule has 9 nitrogen and oxygen atoms in total. The minimum atomic E-state index is -0.259. The number of aromatic nitrogens is 6. The molecule has 1 amide bonds. The van der Waals surface area contributed by atoms with Crippen LogP contribution in [-0.2, 0) is 7.05 Å². The predicted octanol–water partition coefficient (Wildman–Crippen LogP) is 1.36. The third kappa shape index (κ3) is 3.09. The summed E-state index contributed by atoms with van der Waals surface area (Å²) in [4.78, 5) is 12.4. The largest absolute Gasteiger partial charge is 0.477 e. The van der Waals surface area contributed by atoms with Gasteiger partial charge in [-0.15, -0.1) is 10.2 Å². The van der Waals surface area contributed by atoms with Gasteiger partial charge in [0.1, 0.15) is 0 Å². The number of hydrogen-bond donors (Lipinski definition) is 1. The molecular weight excluding hydrogens is 310 g/mol. The highest BCUT2D eigenvalue weighted by atomic mass is 16.5. The molecule has 3 aromatic rings. The zero-order chi connectivity index (χ0) is 17.1. The third-order valence-corrected chi connectivity index (χ3v) is 3.35. The highest BCUT2D eigenvalue weighted by molar-refractivity contribution is 6.04. The lowest BCUT2D eigenvalue weighted by molar-refractivity contribution is 0.102. The van der Waals surface area contributed by atoms with Crippen molar-refractivity contribution < 1.29 is 9.53 Å². The molecule has 0 saturated carbocycles.